The minimum absolute atomic E-state index is 0.0317. The molecule has 0 aromatic heterocycles. The molecule has 1 unspecified atom stereocenters. The van der Waals surface area contributed by atoms with Gasteiger partial charge in [0.05, 0.1) is 31.3 Å². The van der Waals surface area contributed by atoms with Crippen LogP contribution in [0.25, 0.3) is 0 Å². The summed E-state index contributed by atoms with van der Waals surface area (Å²) in [5, 5.41) is 21.1. The Morgan fingerprint density at radius 1 is 1.24 bits per heavy atom. The summed E-state index contributed by atoms with van der Waals surface area (Å²) in [6, 6.07) is 7.24. The van der Waals surface area contributed by atoms with Crippen molar-refractivity contribution in [1.29, 1.82) is 0 Å². The fourth-order valence-electron chi connectivity index (χ4n) is 7.43. The Labute approximate surface area is 200 Å². The Morgan fingerprint density at radius 2 is 1.97 bits per heavy atom. The largest absolute Gasteiger partial charge is 0.465 e. The molecule has 0 radical (unpaired) electrons. The monoisotopic (exact) mass is 468 g/mol. The summed E-state index contributed by atoms with van der Waals surface area (Å²) in [5.74, 6) is -0.228. The predicted octanol–water partition coefficient (Wildman–Crippen LogP) is 3.00. The zero-order chi connectivity index (χ0) is 24.3. The Morgan fingerprint density at radius 3 is 2.59 bits per heavy atom. The number of aliphatic hydroxyl groups excluding tert-OH is 2. The predicted molar refractivity (Wildman–Crippen MR) is 125 cm³/mol. The van der Waals surface area contributed by atoms with E-state index in [1.54, 1.807) is 12.1 Å². The van der Waals surface area contributed by atoms with Crippen molar-refractivity contribution in [2.45, 2.75) is 58.1 Å². The second-order valence-corrected chi connectivity index (χ2v) is 10.8. The second-order valence-electron chi connectivity index (χ2n) is 10.8. The van der Waals surface area contributed by atoms with Gasteiger partial charge in [-0.1, -0.05) is 13.8 Å². The Hall–Kier alpha value is -2.51. The number of benzene rings is 1. The lowest BCUT2D eigenvalue weighted by Gasteiger charge is -2.57. The molecule has 4 aliphatic rings. The van der Waals surface area contributed by atoms with Crippen molar-refractivity contribution >= 4 is 23.3 Å². The molecular weight excluding hydrogens is 434 g/mol. The van der Waals surface area contributed by atoms with Gasteiger partial charge in [-0.3, -0.25) is 0 Å². The molecule has 2 heterocycles. The molecule has 1 aromatic rings. The summed E-state index contributed by atoms with van der Waals surface area (Å²) in [6.45, 7) is 4.60. The summed E-state index contributed by atoms with van der Waals surface area (Å²) < 4.78 is 12.4. The van der Waals surface area contributed by atoms with E-state index in [9.17, 15) is 19.8 Å². The highest BCUT2D eigenvalue weighted by Crippen LogP contribution is 2.61. The van der Waals surface area contributed by atoms with Crippen LogP contribution in [-0.2, 0) is 14.3 Å². The third kappa shape index (κ3) is 3.28. The highest BCUT2D eigenvalue weighted by Gasteiger charge is 2.63. The van der Waals surface area contributed by atoms with Gasteiger partial charge in [0.15, 0.2) is 11.8 Å². The molecule has 182 valence electrons. The Bertz CT molecular complexity index is 1080. The van der Waals surface area contributed by atoms with E-state index in [1.165, 1.54) is 12.8 Å². The summed E-state index contributed by atoms with van der Waals surface area (Å²) >= 11 is 0. The summed E-state index contributed by atoms with van der Waals surface area (Å²) in [6.07, 6.45) is 5.44. The number of aliphatic hydroxyl groups is 2. The SMILES string of the molecule is COC(=O)c1ccc([N+]2=C3CC[C@@H]4[C@](C)(CO)[C@H](O)CC[C@@]4(C)[C@@H]3CC2C2=CCOC2=O)cc1. The van der Waals surface area contributed by atoms with Crippen LogP contribution in [0.1, 0.15) is 56.3 Å². The van der Waals surface area contributed by atoms with Crippen molar-refractivity contribution in [3.63, 3.8) is 0 Å². The van der Waals surface area contributed by atoms with Gasteiger partial charge < -0.3 is 19.7 Å². The first kappa shape index (κ1) is 23.2. The average molecular weight is 469 g/mol. The minimum atomic E-state index is -0.533. The fourth-order valence-corrected chi connectivity index (χ4v) is 7.43. The van der Waals surface area contributed by atoms with Crippen LogP contribution in [0.3, 0.4) is 0 Å². The van der Waals surface area contributed by atoms with E-state index < -0.39 is 11.5 Å². The fraction of sp³-hybridized carbons (Fsp3) is 0.593. The molecule has 0 bridgehead atoms. The van der Waals surface area contributed by atoms with E-state index >= 15 is 0 Å². The first-order valence-corrected chi connectivity index (χ1v) is 12.2. The Kier molecular flexibility index (Phi) is 5.68. The van der Waals surface area contributed by atoms with E-state index in [1.807, 2.05) is 25.1 Å². The molecular formula is C27H34NO6+. The third-order valence-corrected chi connectivity index (χ3v) is 9.30. The first-order valence-electron chi connectivity index (χ1n) is 12.2. The van der Waals surface area contributed by atoms with Crippen molar-refractivity contribution in [2.24, 2.45) is 22.7 Å². The number of cyclic esters (lactones) is 1. The van der Waals surface area contributed by atoms with Gasteiger partial charge in [0.1, 0.15) is 12.2 Å². The summed E-state index contributed by atoms with van der Waals surface area (Å²) in [7, 11) is 1.37. The highest BCUT2D eigenvalue weighted by atomic mass is 16.5. The molecule has 34 heavy (non-hydrogen) atoms. The molecule has 6 atom stereocenters. The summed E-state index contributed by atoms with van der Waals surface area (Å²) in [5.41, 5.74) is 2.80. The van der Waals surface area contributed by atoms with E-state index in [4.69, 9.17) is 9.47 Å². The van der Waals surface area contributed by atoms with Crippen molar-refractivity contribution in [3.05, 3.63) is 41.5 Å². The smallest absolute Gasteiger partial charge is 0.340 e. The lowest BCUT2D eigenvalue weighted by atomic mass is 9.46. The van der Waals surface area contributed by atoms with Crippen LogP contribution in [0.2, 0.25) is 0 Å². The van der Waals surface area contributed by atoms with Gasteiger partial charge in [0.2, 0.25) is 5.69 Å². The van der Waals surface area contributed by atoms with Crippen molar-refractivity contribution in [1.82, 2.24) is 0 Å². The average Bonchev–Trinajstić information content (AvgIpc) is 3.45. The van der Waals surface area contributed by atoms with Gasteiger partial charge >= 0.3 is 11.9 Å². The summed E-state index contributed by atoms with van der Waals surface area (Å²) in [4.78, 5) is 24.6. The molecule has 0 spiro atoms. The first-order chi connectivity index (χ1) is 16.2. The van der Waals surface area contributed by atoms with Crippen LogP contribution >= 0.6 is 0 Å². The quantitative estimate of drug-likeness (QED) is 0.521. The number of methoxy groups -OCH3 is 1. The van der Waals surface area contributed by atoms with Crippen molar-refractivity contribution in [2.75, 3.05) is 20.3 Å². The maximum absolute atomic E-state index is 12.6. The second kappa shape index (κ2) is 8.31. The Balaban J connectivity index is 1.60. The molecule has 2 fully saturated rings. The van der Waals surface area contributed by atoms with Crippen LogP contribution in [0.4, 0.5) is 5.69 Å². The van der Waals surface area contributed by atoms with Crippen LogP contribution in [-0.4, -0.2) is 64.9 Å². The molecule has 7 heteroatoms. The van der Waals surface area contributed by atoms with Gasteiger partial charge in [0, 0.05) is 30.4 Å². The molecule has 2 saturated carbocycles. The highest BCUT2D eigenvalue weighted by molar-refractivity contribution is 5.94. The zero-order valence-electron chi connectivity index (χ0n) is 20.1. The maximum Gasteiger partial charge on any atom is 0.340 e. The zero-order valence-corrected chi connectivity index (χ0v) is 20.1. The van der Waals surface area contributed by atoms with Gasteiger partial charge in [-0.15, -0.1) is 0 Å². The number of hydrogen-bond donors (Lipinski definition) is 2. The number of esters is 2. The van der Waals surface area contributed by atoms with Gasteiger partial charge in [-0.05, 0) is 48.8 Å². The van der Waals surface area contributed by atoms with Crippen molar-refractivity contribution in [3.8, 4) is 0 Å². The maximum atomic E-state index is 12.6. The van der Waals surface area contributed by atoms with E-state index in [0.29, 0.717) is 24.2 Å². The number of hydrogen-bond acceptors (Lipinski definition) is 6. The number of carbonyl (C=O) groups is 2. The van der Waals surface area contributed by atoms with Gasteiger partial charge in [-0.25, -0.2) is 9.59 Å². The molecule has 5 rings (SSSR count). The van der Waals surface area contributed by atoms with E-state index in [0.717, 1.165) is 31.4 Å². The number of ether oxygens (including phenoxy) is 2. The normalized spacial score (nSPS) is 37.1. The number of rotatable bonds is 4. The van der Waals surface area contributed by atoms with Crippen molar-refractivity contribution < 1.29 is 33.9 Å². The van der Waals surface area contributed by atoms with Crippen LogP contribution in [0, 0.1) is 22.7 Å². The van der Waals surface area contributed by atoms with Gasteiger partial charge in [-0.2, -0.15) is 4.58 Å². The molecule has 2 N–H and O–H groups in total. The van der Waals surface area contributed by atoms with E-state index in [2.05, 4.69) is 11.5 Å². The lowest BCUT2D eigenvalue weighted by molar-refractivity contribution is -0.465. The molecule has 0 saturated heterocycles. The molecule has 2 aliphatic carbocycles. The topological polar surface area (TPSA) is 96.1 Å². The van der Waals surface area contributed by atoms with Gasteiger partial charge in [0.25, 0.3) is 0 Å². The number of nitrogens with zero attached hydrogens (tertiary/aromatic N) is 1. The molecule has 1 aromatic carbocycles. The molecule has 7 nitrogen and oxygen atoms in total. The number of carbonyl (C=O) groups excluding carboxylic acids is 2. The van der Waals surface area contributed by atoms with Crippen LogP contribution in [0.5, 0.6) is 0 Å². The standard InChI is InChI=1S/C27H34NO6/c1-26-12-10-23(30)27(2,15-29)22(26)9-8-20-19(26)14-21(18-11-13-34-25(18)32)28(20)17-6-4-16(5-7-17)24(31)33-3/h4-7,11,19,21-23,29-30H,8-10,12-15H2,1-3H3/q+1/t19-,21?,22+,23-,26+,27+/m1/s1. The lowest BCUT2D eigenvalue weighted by Crippen LogP contribution is -2.58. The minimum Gasteiger partial charge on any atom is -0.465 e. The van der Waals surface area contributed by atoms with Crippen LogP contribution in [0.15, 0.2) is 35.9 Å². The number of fused-ring (bicyclic) bond motifs is 3. The molecule has 2 aliphatic heterocycles. The third-order valence-electron chi connectivity index (χ3n) is 9.30. The van der Waals surface area contributed by atoms with E-state index in [-0.39, 0.29) is 41.8 Å². The van der Waals surface area contributed by atoms with Crippen LogP contribution < -0.4 is 0 Å². The molecule has 0 amide bonds.